The molecule has 150 valence electrons. The number of carbonyl (C=O) groups excluding carboxylic acids is 1. The molecule has 3 rings (SSSR count). The van der Waals surface area contributed by atoms with Gasteiger partial charge in [0.15, 0.2) is 4.34 Å². The number of unbranched alkanes of at least 4 members (excludes halogenated alkanes) is 2. The average Bonchev–Trinajstić information content (AvgIpc) is 3.25. The number of nitrogens with zero attached hydrogens (tertiary/aromatic N) is 2. The minimum Gasteiger partial charge on any atom is -0.494 e. The molecule has 0 bridgehead atoms. The van der Waals surface area contributed by atoms with E-state index < -0.39 is 0 Å². The lowest BCUT2D eigenvalue weighted by Gasteiger charge is -2.05. The zero-order valence-corrected chi connectivity index (χ0v) is 18.0. The van der Waals surface area contributed by atoms with Gasteiger partial charge in [0.05, 0.1) is 12.2 Å². The molecule has 0 atom stereocenters. The molecule has 0 aliphatic carbocycles. The number of benzene rings is 1. The lowest BCUT2D eigenvalue weighted by molar-refractivity contribution is 0.102. The van der Waals surface area contributed by atoms with Crippen molar-refractivity contribution in [2.45, 2.75) is 50.8 Å². The van der Waals surface area contributed by atoms with Gasteiger partial charge in [-0.15, -0.1) is 10.2 Å². The van der Waals surface area contributed by atoms with Crippen molar-refractivity contribution in [2.75, 3.05) is 17.7 Å². The SMILES string of the molecule is CCCCOc1ccc2oc(C)c(C(=O)Nc3nnc(SCCCC)s3)c2c1. The molecule has 0 saturated heterocycles. The van der Waals surface area contributed by atoms with Crippen molar-refractivity contribution in [3.05, 3.63) is 29.5 Å². The second kappa shape index (κ2) is 9.93. The van der Waals surface area contributed by atoms with Gasteiger partial charge in [0.2, 0.25) is 5.13 Å². The first-order valence-electron chi connectivity index (χ1n) is 9.56. The lowest BCUT2D eigenvalue weighted by atomic mass is 10.1. The van der Waals surface area contributed by atoms with Gasteiger partial charge in [0.1, 0.15) is 17.1 Å². The smallest absolute Gasteiger partial charge is 0.261 e. The molecule has 1 amide bonds. The maximum Gasteiger partial charge on any atom is 0.261 e. The van der Waals surface area contributed by atoms with E-state index in [0.29, 0.717) is 28.6 Å². The second-order valence-electron chi connectivity index (χ2n) is 6.42. The first-order chi connectivity index (χ1) is 13.6. The summed E-state index contributed by atoms with van der Waals surface area (Å²) in [6.07, 6.45) is 4.34. The molecular weight excluding hydrogens is 394 g/mol. The van der Waals surface area contributed by atoms with Gasteiger partial charge in [-0.3, -0.25) is 10.1 Å². The molecule has 0 spiro atoms. The van der Waals surface area contributed by atoms with E-state index >= 15 is 0 Å². The van der Waals surface area contributed by atoms with Gasteiger partial charge < -0.3 is 9.15 Å². The van der Waals surface area contributed by atoms with E-state index in [-0.39, 0.29) is 5.91 Å². The van der Waals surface area contributed by atoms with Crippen LogP contribution in [0, 0.1) is 6.92 Å². The lowest BCUT2D eigenvalue weighted by Crippen LogP contribution is -2.12. The fourth-order valence-electron chi connectivity index (χ4n) is 2.69. The molecular formula is C20H25N3O3S2. The van der Waals surface area contributed by atoms with Crippen molar-refractivity contribution in [1.29, 1.82) is 0 Å². The normalized spacial score (nSPS) is 11.1. The fourth-order valence-corrected chi connectivity index (χ4v) is 4.59. The van der Waals surface area contributed by atoms with Crippen molar-refractivity contribution in [3.63, 3.8) is 0 Å². The highest BCUT2D eigenvalue weighted by molar-refractivity contribution is 8.01. The number of aryl methyl sites for hydroxylation is 1. The Morgan fingerprint density at radius 3 is 2.86 bits per heavy atom. The first-order valence-corrected chi connectivity index (χ1v) is 11.4. The summed E-state index contributed by atoms with van der Waals surface area (Å²) in [4.78, 5) is 12.9. The predicted octanol–water partition coefficient (Wildman–Crippen LogP) is 5.92. The van der Waals surface area contributed by atoms with Crippen LogP contribution in [-0.2, 0) is 0 Å². The van der Waals surface area contributed by atoms with Gasteiger partial charge in [-0.05, 0) is 38.0 Å². The molecule has 1 N–H and O–H groups in total. The standard InChI is InChI=1S/C20H25N3O3S2/c1-4-6-10-25-14-8-9-16-15(12-14)17(13(3)26-16)18(24)21-19-22-23-20(28-19)27-11-7-5-2/h8-9,12H,4-7,10-11H2,1-3H3,(H,21,22,24). The molecule has 0 radical (unpaired) electrons. The average molecular weight is 420 g/mol. The molecule has 0 saturated carbocycles. The van der Waals surface area contributed by atoms with Crippen molar-refractivity contribution in [3.8, 4) is 5.75 Å². The van der Waals surface area contributed by atoms with Crippen LogP contribution in [-0.4, -0.2) is 28.5 Å². The minimum atomic E-state index is -0.247. The Morgan fingerprint density at radius 1 is 1.25 bits per heavy atom. The molecule has 0 aliphatic heterocycles. The van der Waals surface area contributed by atoms with Gasteiger partial charge in [-0.25, -0.2) is 0 Å². The minimum absolute atomic E-state index is 0.247. The summed E-state index contributed by atoms with van der Waals surface area (Å²) in [5, 5.41) is 12.3. The highest BCUT2D eigenvalue weighted by Gasteiger charge is 2.20. The van der Waals surface area contributed by atoms with Crippen LogP contribution in [0.3, 0.4) is 0 Å². The zero-order chi connectivity index (χ0) is 19.9. The number of rotatable bonds is 10. The molecule has 6 nitrogen and oxygen atoms in total. The number of fused-ring (bicyclic) bond motifs is 1. The van der Waals surface area contributed by atoms with E-state index in [9.17, 15) is 4.79 Å². The van der Waals surface area contributed by atoms with Gasteiger partial charge in [0.25, 0.3) is 5.91 Å². The van der Waals surface area contributed by atoms with Crippen molar-refractivity contribution >= 4 is 45.1 Å². The van der Waals surface area contributed by atoms with Crippen LogP contribution >= 0.6 is 23.1 Å². The maximum atomic E-state index is 12.9. The van der Waals surface area contributed by atoms with Crippen molar-refractivity contribution in [1.82, 2.24) is 10.2 Å². The summed E-state index contributed by atoms with van der Waals surface area (Å²) in [5.74, 6) is 2.07. The maximum absolute atomic E-state index is 12.9. The number of hydrogen-bond donors (Lipinski definition) is 1. The Bertz CT molecular complexity index is 936. The van der Waals surface area contributed by atoms with Crippen LogP contribution in [0.5, 0.6) is 5.75 Å². The molecule has 0 aliphatic rings. The van der Waals surface area contributed by atoms with Crippen LogP contribution in [0.4, 0.5) is 5.13 Å². The number of thioether (sulfide) groups is 1. The van der Waals surface area contributed by atoms with Gasteiger partial charge in [0, 0.05) is 11.1 Å². The van der Waals surface area contributed by atoms with Crippen molar-refractivity contribution in [2.24, 2.45) is 0 Å². The topological polar surface area (TPSA) is 77.2 Å². The summed E-state index contributed by atoms with van der Waals surface area (Å²) in [6, 6.07) is 5.57. The number of nitrogens with one attached hydrogen (secondary N) is 1. The Balaban J connectivity index is 1.75. The summed E-state index contributed by atoms with van der Waals surface area (Å²) in [5.41, 5.74) is 1.17. The van der Waals surface area contributed by atoms with E-state index in [1.165, 1.54) is 11.3 Å². The predicted molar refractivity (Wildman–Crippen MR) is 115 cm³/mol. The summed E-state index contributed by atoms with van der Waals surface area (Å²) >= 11 is 3.06. The third-order valence-electron chi connectivity index (χ3n) is 4.18. The fraction of sp³-hybridized carbons (Fsp3) is 0.450. The van der Waals surface area contributed by atoms with Crippen LogP contribution in [0.15, 0.2) is 27.0 Å². The highest BCUT2D eigenvalue weighted by atomic mass is 32.2. The van der Waals surface area contributed by atoms with E-state index in [1.807, 2.05) is 18.2 Å². The molecule has 0 fully saturated rings. The molecule has 2 heterocycles. The van der Waals surface area contributed by atoms with Crippen LogP contribution < -0.4 is 10.1 Å². The monoisotopic (exact) mass is 419 g/mol. The van der Waals surface area contributed by atoms with E-state index in [2.05, 4.69) is 29.4 Å². The number of amides is 1. The number of anilines is 1. The number of carbonyl (C=O) groups is 1. The van der Waals surface area contributed by atoms with Gasteiger partial charge in [-0.2, -0.15) is 0 Å². The zero-order valence-electron chi connectivity index (χ0n) is 16.4. The van der Waals surface area contributed by atoms with Crippen LogP contribution in [0.1, 0.15) is 55.6 Å². The molecule has 0 unspecified atom stereocenters. The molecule has 1 aromatic carbocycles. The summed E-state index contributed by atoms with van der Waals surface area (Å²) in [7, 11) is 0. The first kappa shape index (κ1) is 20.7. The Kier molecular flexibility index (Phi) is 7.33. The molecule has 8 heteroatoms. The largest absolute Gasteiger partial charge is 0.494 e. The number of hydrogen-bond acceptors (Lipinski definition) is 7. The van der Waals surface area contributed by atoms with E-state index in [4.69, 9.17) is 9.15 Å². The van der Waals surface area contributed by atoms with Crippen LogP contribution in [0.25, 0.3) is 11.0 Å². The third-order valence-corrected chi connectivity index (χ3v) is 6.24. The van der Waals surface area contributed by atoms with E-state index in [1.54, 1.807) is 18.7 Å². The highest BCUT2D eigenvalue weighted by Crippen LogP contribution is 2.31. The van der Waals surface area contributed by atoms with Gasteiger partial charge in [-0.1, -0.05) is 49.8 Å². The Morgan fingerprint density at radius 2 is 2.07 bits per heavy atom. The van der Waals surface area contributed by atoms with Crippen LogP contribution in [0.2, 0.25) is 0 Å². The summed E-state index contributed by atoms with van der Waals surface area (Å²) in [6.45, 7) is 6.72. The number of furan rings is 1. The third kappa shape index (κ3) is 5.05. The van der Waals surface area contributed by atoms with E-state index in [0.717, 1.165) is 46.9 Å². The second-order valence-corrected chi connectivity index (χ2v) is 8.74. The number of ether oxygens (including phenoxy) is 1. The Labute approximate surface area is 173 Å². The summed E-state index contributed by atoms with van der Waals surface area (Å²) < 4.78 is 12.4. The Hall–Kier alpha value is -2.06. The number of aromatic nitrogens is 2. The quantitative estimate of drug-likeness (QED) is 0.250. The van der Waals surface area contributed by atoms with Crippen molar-refractivity contribution < 1.29 is 13.9 Å². The molecule has 3 aromatic rings. The van der Waals surface area contributed by atoms with Gasteiger partial charge >= 0.3 is 0 Å². The molecule has 2 aromatic heterocycles. The molecule has 28 heavy (non-hydrogen) atoms.